The van der Waals surface area contributed by atoms with Crippen LogP contribution in [0.5, 0.6) is 0 Å². The molecule has 2 bridgehead atoms. The molecule has 1 unspecified atom stereocenters. The van der Waals surface area contributed by atoms with Crippen molar-refractivity contribution in [2.45, 2.75) is 38.5 Å². The number of fused-ring (bicyclic) bond motifs is 4. The van der Waals surface area contributed by atoms with E-state index < -0.39 is 0 Å². The van der Waals surface area contributed by atoms with E-state index in [0.717, 1.165) is 23.7 Å². The molecule has 1 heterocycles. The van der Waals surface area contributed by atoms with E-state index in [2.05, 4.69) is 6.20 Å². The van der Waals surface area contributed by atoms with Crippen molar-refractivity contribution in [3.8, 4) is 0 Å². The quantitative estimate of drug-likeness (QED) is 0.831. The van der Waals surface area contributed by atoms with Crippen LogP contribution in [0.25, 0.3) is 6.08 Å². The Kier molecular flexibility index (Phi) is 3.39. The summed E-state index contributed by atoms with van der Waals surface area (Å²) in [6.07, 6.45) is 12.0. The number of quaternary nitrogens is 1. The van der Waals surface area contributed by atoms with E-state index in [-0.39, 0.29) is 12.4 Å². The van der Waals surface area contributed by atoms with Crippen LogP contribution in [0.4, 0.5) is 10.1 Å². The van der Waals surface area contributed by atoms with E-state index in [4.69, 9.17) is 0 Å². The van der Waals surface area contributed by atoms with E-state index in [9.17, 15) is 9.50 Å². The van der Waals surface area contributed by atoms with Crippen molar-refractivity contribution in [2.24, 2.45) is 11.3 Å². The number of hydrogen-bond acceptors (Lipinski definition) is 1. The lowest BCUT2D eigenvalue weighted by Crippen LogP contribution is -2.54. The fourth-order valence-corrected chi connectivity index (χ4v) is 5.14. The summed E-state index contributed by atoms with van der Waals surface area (Å²) in [5.41, 5.74) is 2.15. The summed E-state index contributed by atoms with van der Waals surface area (Å²) in [6.45, 7) is 1.81. The second-order valence-corrected chi connectivity index (χ2v) is 7.61. The Morgan fingerprint density at radius 2 is 1.91 bits per heavy atom. The summed E-state index contributed by atoms with van der Waals surface area (Å²) in [5.74, 6) is 0.809. The molecule has 1 aromatic rings. The Labute approximate surface area is 131 Å². The van der Waals surface area contributed by atoms with Gasteiger partial charge in [0, 0.05) is 17.6 Å². The maximum absolute atomic E-state index is 14.1. The molecule has 1 aromatic carbocycles. The van der Waals surface area contributed by atoms with E-state index in [0.29, 0.717) is 16.4 Å². The van der Waals surface area contributed by atoms with Gasteiger partial charge in [-0.3, -0.25) is 4.48 Å². The molecule has 0 radical (unpaired) electrons. The molecule has 0 aromatic heterocycles. The minimum atomic E-state index is -0.142. The minimum absolute atomic E-state index is 0.138. The van der Waals surface area contributed by atoms with Gasteiger partial charge in [0.1, 0.15) is 24.2 Å². The summed E-state index contributed by atoms with van der Waals surface area (Å²) in [6, 6.07) is 5.38. The highest BCUT2D eigenvalue weighted by molar-refractivity contribution is 5.73. The molecule has 0 amide bonds. The third-order valence-corrected chi connectivity index (χ3v) is 6.40. The van der Waals surface area contributed by atoms with Crippen LogP contribution in [-0.2, 0) is 0 Å². The molecule has 1 atom stereocenters. The summed E-state index contributed by atoms with van der Waals surface area (Å²) in [7, 11) is 0. The Bertz CT molecular complexity index is 590. The smallest absolute Gasteiger partial charge is 0.148 e. The van der Waals surface area contributed by atoms with Crippen LogP contribution in [0.3, 0.4) is 0 Å². The molecule has 22 heavy (non-hydrogen) atoms. The maximum atomic E-state index is 14.1. The molecule has 4 aliphatic rings. The van der Waals surface area contributed by atoms with Gasteiger partial charge in [-0.1, -0.05) is 6.07 Å². The van der Waals surface area contributed by atoms with Gasteiger partial charge >= 0.3 is 0 Å². The molecule has 1 N–H and O–H groups in total. The van der Waals surface area contributed by atoms with E-state index in [1.165, 1.54) is 44.6 Å². The highest BCUT2D eigenvalue weighted by atomic mass is 19.1. The van der Waals surface area contributed by atoms with E-state index >= 15 is 0 Å². The van der Waals surface area contributed by atoms with Gasteiger partial charge in [0.2, 0.25) is 0 Å². The highest BCUT2D eigenvalue weighted by Crippen LogP contribution is 2.53. The van der Waals surface area contributed by atoms with Crippen LogP contribution in [0, 0.1) is 17.2 Å². The summed E-state index contributed by atoms with van der Waals surface area (Å²) in [4.78, 5) is 0. The van der Waals surface area contributed by atoms with Crippen molar-refractivity contribution in [1.29, 1.82) is 0 Å². The predicted molar refractivity (Wildman–Crippen MR) is 87.7 cm³/mol. The Hall–Kier alpha value is -1.19. The van der Waals surface area contributed by atoms with Gasteiger partial charge < -0.3 is 5.11 Å². The summed E-state index contributed by atoms with van der Waals surface area (Å²) < 4.78 is 14.7. The first-order valence-electron chi connectivity index (χ1n) is 8.62. The van der Waals surface area contributed by atoms with Gasteiger partial charge in [-0.2, -0.15) is 0 Å². The van der Waals surface area contributed by atoms with Gasteiger partial charge in [0.05, 0.1) is 18.7 Å². The summed E-state index contributed by atoms with van der Waals surface area (Å²) in [5, 5.41) is 9.64. The van der Waals surface area contributed by atoms with Crippen LogP contribution in [0.2, 0.25) is 0 Å². The average molecular weight is 302 g/mol. The zero-order valence-electron chi connectivity index (χ0n) is 13.1. The molecular formula is C19H25FNO+. The molecule has 0 saturated heterocycles. The fourth-order valence-electron chi connectivity index (χ4n) is 5.14. The predicted octanol–water partition coefficient (Wildman–Crippen LogP) is 4.08. The van der Waals surface area contributed by atoms with Crippen LogP contribution in [-0.4, -0.2) is 24.8 Å². The highest BCUT2D eigenvalue weighted by Gasteiger charge is 2.48. The lowest BCUT2D eigenvalue weighted by Gasteiger charge is -2.50. The van der Waals surface area contributed by atoms with E-state index in [1.807, 2.05) is 12.1 Å². The van der Waals surface area contributed by atoms with Gasteiger partial charge in [-0.15, -0.1) is 0 Å². The zero-order chi connectivity index (χ0) is 15.2. The number of benzene rings is 1. The monoisotopic (exact) mass is 302 g/mol. The SMILES string of the molecule is OCC[N+]1(CC23CCC(CC2)CC3)C=Cc2c(F)cccc21. The molecule has 3 fully saturated rings. The van der Waals surface area contributed by atoms with Crippen LogP contribution in [0.1, 0.15) is 44.1 Å². The van der Waals surface area contributed by atoms with Crippen molar-refractivity contribution >= 4 is 11.8 Å². The van der Waals surface area contributed by atoms with Crippen molar-refractivity contribution < 1.29 is 9.50 Å². The number of nitrogens with zero attached hydrogens (tertiary/aromatic N) is 1. The standard InChI is InChI=1S/C19H25FNO/c20-17-2-1-3-18-16(17)7-11-21(18,12-13-22)14-19-8-4-15(5-9-19)6-10-19/h1-3,7,11,15,22H,4-6,8-10,12-14H2/q+1. The number of rotatable bonds is 4. The van der Waals surface area contributed by atoms with Crippen LogP contribution in [0.15, 0.2) is 24.4 Å². The van der Waals surface area contributed by atoms with Crippen molar-refractivity contribution in [2.75, 3.05) is 19.7 Å². The largest absolute Gasteiger partial charge is 0.390 e. The molecule has 3 heteroatoms. The molecule has 118 valence electrons. The van der Waals surface area contributed by atoms with Crippen molar-refractivity contribution in [1.82, 2.24) is 4.48 Å². The van der Waals surface area contributed by atoms with E-state index in [1.54, 1.807) is 6.07 Å². The molecule has 5 rings (SSSR count). The normalized spacial score (nSPS) is 35.8. The molecule has 3 saturated carbocycles. The Morgan fingerprint density at radius 3 is 2.59 bits per heavy atom. The van der Waals surface area contributed by atoms with Gasteiger partial charge in [0.25, 0.3) is 0 Å². The van der Waals surface area contributed by atoms with Crippen LogP contribution >= 0.6 is 0 Å². The molecular weight excluding hydrogens is 277 g/mol. The molecule has 3 aliphatic carbocycles. The molecule has 0 spiro atoms. The second-order valence-electron chi connectivity index (χ2n) is 7.61. The number of halogens is 1. The Balaban J connectivity index is 1.71. The summed E-state index contributed by atoms with van der Waals surface area (Å²) >= 11 is 0. The first-order valence-corrected chi connectivity index (χ1v) is 8.62. The molecule has 1 aliphatic heterocycles. The zero-order valence-corrected chi connectivity index (χ0v) is 13.1. The lowest BCUT2D eigenvalue weighted by atomic mass is 9.60. The first-order chi connectivity index (χ1) is 10.7. The number of hydrogen-bond donors (Lipinski definition) is 1. The minimum Gasteiger partial charge on any atom is -0.390 e. The van der Waals surface area contributed by atoms with Crippen molar-refractivity contribution in [3.63, 3.8) is 0 Å². The number of aliphatic hydroxyl groups excluding tert-OH is 1. The fraction of sp³-hybridized carbons (Fsp3) is 0.579. The second kappa shape index (κ2) is 5.17. The first kappa shape index (κ1) is 14.4. The van der Waals surface area contributed by atoms with Gasteiger partial charge in [-0.05, 0) is 50.5 Å². The number of aliphatic hydroxyl groups is 1. The Morgan fingerprint density at radius 1 is 1.18 bits per heavy atom. The molecule has 2 nitrogen and oxygen atoms in total. The maximum Gasteiger partial charge on any atom is 0.148 e. The topological polar surface area (TPSA) is 20.2 Å². The van der Waals surface area contributed by atoms with Crippen LogP contribution < -0.4 is 4.48 Å². The van der Waals surface area contributed by atoms with Gasteiger partial charge in [-0.25, -0.2) is 4.39 Å². The third kappa shape index (κ3) is 2.14. The third-order valence-electron chi connectivity index (χ3n) is 6.40. The lowest BCUT2D eigenvalue weighted by molar-refractivity contribution is 0.0378. The average Bonchev–Trinajstić information content (AvgIpc) is 2.89. The van der Waals surface area contributed by atoms with Crippen molar-refractivity contribution in [3.05, 3.63) is 35.8 Å². The van der Waals surface area contributed by atoms with Gasteiger partial charge in [0.15, 0.2) is 0 Å².